The number of hydrogen-bond acceptors (Lipinski definition) is 3. The van der Waals surface area contributed by atoms with Crippen LogP contribution < -0.4 is 0 Å². The molecule has 1 saturated carbocycles. The number of ether oxygens (including phenoxy) is 1. The summed E-state index contributed by atoms with van der Waals surface area (Å²) in [5.74, 6) is -0.574. The molecule has 0 N–H and O–H groups in total. The second-order valence-corrected chi connectivity index (χ2v) is 6.91. The summed E-state index contributed by atoms with van der Waals surface area (Å²) in [7, 11) is 0. The first-order chi connectivity index (χ1) is 11.8. The van der Waals surface area contributed by atoms with Crippen LogP contribution in [0.5, 0.6) is 0 Å². The summed E-state index contributed by atoms with van der Waals surface area (Å²) in [4.78, 5) is 24.9. The molecule has 5 heteroatoms. The van der Waals surface area contributed by atoms with Gasteiger partial charge in [-0.1, -0.05) is 0 Å². The second kappa shape index (κ2) is 6.54. The Morgan fingerprint density at radius 2 is 1.68 bits per heavy atom. The normalized spacial score (nSPS) is 14.0. The first kappa shape index (κ1) is 17.5. The number of carbonyl (C=O) groups excluding carboxylic acids is 2. The van der Waals surface area contributed by atoms with Gasteiger partial charge in [0.05, 0.1) is 5.56 Å². The number of ketones is 1. The first-order valence-electron chi connectivity index (χ1n) is 8.90. The zero-order valence-electron chi connectivity index (χ0n) is 15.7. The standard InChI is InChI=1S/C20H26N2O3/c1-6-21-12(2)9-17(14(21)4)19(23)11-25-20(24)18-10-13(3)22(15(18)5)16-7-8-16/h9-10,16H,6-8,11H2,1-5H3. The minimum Gasteiger partial charge on any atom is -0.454 e. The predicted molar refractivity (Wildman–Crippen MR) is 96.4 cm³/mol. The fraction of sp³-hybridized carbons (Fsp3) is 0.500. The minimum absolute atomic E-state index is 0.155. The van der Waals surface area contributed by atoms with Crippen molar-refractivity contribution in [2.24, 2.45) is 0 Å². The van der Waals surface area contributed by atoms with Crippen LogP contribution in [0, 0.1) is 27.7 Å². The molecule has 0 bridgehead atoms. The Bertz CT molecular complexity index is 838. The number of rotatable bonds is 6. The highest BCUT2D eigenvalue weighted by atomic mass is 16.5. The van der Waals surface area contributed by atoms with E-state index in [1.54, 1.807) is 0 Å². The number of carbonyl (C=O) groups is 2. The van der Waals surface area contributed by atoms with E-state index in [0.29, 0.717) is 17.2 Å². The Morgan fingerprint density at radius 3 is 2.24 bits per heavy atom. The number of aryl methyl sites for hydroxylation is 2. The molecule has 0 unspecified atom stereocenters. The van der Waals surface area contributed by atoms with Gasteiger partial charge in [-0.3, -0.25) is 4.79 Å². The smallest absolute Gasteiger partial charge is 0.340 e. The molecule has 0 spiro atoms. The quantitative estimate of drug-likeness (QED) is 0.590. The van der Waals surface area contributed by atoms with Gasteiger partial charge in [-0.2, -0.15) is 0 Å². The van der Waals surface area contributed by atoms with E-state index in [-0.39, 0.29) is 12.4 Å². The molecule has 1 aliphatic rings. The van der Waals surface area contributed by atoms with Crippen LogP contribution in [0.2, 0.25) is 0 Å². The summed E-state index contributed by atoms with van der Waals surface area (Å²) in [5.41, 5.74) is 5.17. The fourth-order valence-electron chi connectivity index (χ4n) is 3.73. The van der Waals surface area contributed by atoms with Crippen molar-refractivity contribution in [3.05, 3.63) is 46.0 Å². The van der Waals surface area contributed by atoms with Gasteiger partial charge in [0.1, 0.15) is 0 Å². The largest absolute Gasteiger partial charge is 0.454 e. The summed E-state index contributed by atoms with van der Waals surface area (Å²) < 4.78 is 9.60. The third-order valence-electron chi connectivity index (χ3n) is 5.14. The number of nitrogens with zero attached hydrogens (tertiary/aromatic N) is 2. The van der Waals surface area contributed by atoms with E-state index in [0.717, 1.165) is 42.2 Å². The van der Waals surface area contributed by atoms with Crippen molar-refractivity contribution in [3.8, 4) is 0 Å². The van der Waals surface area contributed by atoms with Gasteiger partial charge >= 0.3 is 5.97 Å². The molecular weight excluding hydrogens is 316 g/mol. The van der Waals surface area contributed by atoms with Crippen molar-refractivity contribution < 1.29 is 14.3 Å². The van der Waals surface area contributed by atoms with Crippen molar-refractivity contribution in [1.82, 2.24) is 9.13 Å². The van der Waals surface area contributed by atoms with Gasteiger partial charge in [-0.25, -0.2) is 4.79 Å². The molecule has 0 radical (unpaired) electrons. The van der Waals surface area contributed by atoms with Crippen molar-refractivity contribution in [3.63, 3.8) is 0 Å². The number of esters is 1. The van der Waals surface area contributed by atoms with Crippen LogP contribution in [0.4, 0.5) is 0 Å². The average molecular weight is 342 g/mol. The summed E-state index contributed by atoms with van der Waals surface area (Å²) in [6.45, 7) is 10.5. The molecule has 2 aromatic heterocycles. The Balaban J connectivity index is 1.70. The molecule has 2 aromatic rings. The van der Waals surface area contributed by atoms with E-state index in [1.807, 2.05) is 46.8 Å². The Labute approximate surface area is 148 Å². The molecule has 0 aliphatic heterocycles. The van der Waals surface area contributed by atoms with Crippen molar-refractivity contribution in [1.29, 1.82) is 0 Å². The highest BCUT2D eigenvalue weighted by Gasteiger charge is 2.29. The van der Waals surface area contributed by atoms with Gasteiger partial charge in [0.25, 0.3) is 0 Å². The molecule has 0 aromatic carbocycles. The molecule has 0 amide bonds. The maximum absolute atomic E-state index is 12.5. The van der Waals surface area contributed by atoms with Crippen LogP contribution in [0.3, 0.4) is 0 Å². The molecule has 134 valence electrons. The maximum atomic E-state index is 12.5. The SMILES string of the molecule is CCn1c(C)cc(C(=O)COC(=O)c2cc(C)n(C3CC3)c2C)c1C. The summed E-state index contributed by atoms with van der Waals surface area (Å²) in [5, 5.41) is 0. The van der Waals surface area contributed by atoms with Crippen LogP contribution in [-0.4, -0.2) is 27.5 Å². The molecule has 1 aliphatic carbocycles. The fourth-order valence-corrected chi connectivity index (χ4v) is 3.73. The van der Waals surface area contributed by atoms with E-state index in [2.05, 4.69) is 9.13 Å². The van der Waals surface area contributed by atoms with Gasteiger partial charge < -0.3 is 13.9 Å². The Morgan fingerprint density at radius 1 is 1.04 bits per heavy atom. The molecule has 25 heavy (non-hydrogen) atoms. The van der Waals surface area contributed by atoms with Crippen molar-refractivity contribution >= 4 is 11.8 Å². The highest BCUT2D eigenvalue weighted by Crippen LogP contribution is 2.38. The lowest BCUT2D eigenvalue weighted by molar-refractivity contribution is 0.0473. The van der Waals surface area contributed by atoms with Gasteiger partial charge in [-0.15, -0.1) is 0 Å². The lowest BCUT2D eigenvalue weighted by atomic mass is 10.1. The third kappa shape index (κ3) is 3.15. The first-order valence-corrected chi connectivity index (χ1v) is 8.90. The van der Waals surface area contributed by atoms with Gasteiger partial charge in [0, 0.05) is 40.9 Å². The molecule has 3 rings (SSSR count). The molecule has 1 fully saturated rings. The topological polar surface area (TPSA) is 53.2 Å². The van der Waals surface area contributed by atoms with Crippen LogP contribution in [0.1, 0.15) is 69.3 Å². The Kier molecular flexibility index (Phi) is 4.58. The zero-order valence-corrected chi connectivity index (χ0v) is 15.7. The molecular formula is C20H26N2O3. The van der Waals surface area contributed by atoms with Gasteiger partial charge in [-0.05, 0) is 59.6 Å². The second-order valence-electron chi connectivity index (χ2n) is 6.91. The van der Waals surface area contributed by atoms with Crippen molar-refractivity contribution in [2.45, 2.75) is 60.0 Å². The highest BCUT2D eigenvalue weighted by molar-refractivity contribution is 6.00. The minimum atomic E-state index is -0.419. The number of hydrogen-bond donors (Lipinski definition) is 0. The summed E-state index contributed by atoms with van der Waals surface area (Å²) in [6.07, 6.45) is 2.33. The van der Waals surface area contributed by atoms with E-state index >= 15 is 0 Å². The monoisotopic (exact) mass is 342 g/mol. The van der Waals surface area contributed by atoms with Crippen LogP contribution in [0.25, 0.3) is 0 Å². The lowest BCUT2D eigenvalue weighted by Crippen LogP contribution is -2.15. The maximum Gasteiger partial charge on any atom is 0.340 e. The number of aromatic nitrogens is 2. The van der Waals surface area contributed by atoms with Gasteiger partial charge in [0.15, 0.2) is 6.61 Å². The van der Waals surface area contributed by atoms with Gasteiger partial charge in [0.2, 0.25) is 5.78 Å². The van der Waals surface area contributed by atoms with Crippen molar-refractivity contribution in [2.75, 3.05) is 6.61 Å². The summed E-state index contributed by atoms with van der Waals surface area (Å²) >= 11 is 0. The molecule has 0 atom stereocenters. The molecule has 2 heterocycles. The average Bonchev–Trinajstić information content (AvgIpc) is 3.29. The van der Waals surface area contributed by atoms with E-state index in [4.69, 9.17) is 4.74 Å². The zero-order chi connectivity index (χ0) is 18.3. The van der Waals surface area contributed by atoms with Crippen LogP contribution in [0.15, 0.2) is 12.1 Å². The van der Waals surface area contributed by atoms with E-state index in [9.17, 15) is 9.59 Å². The van der Waals surface area contributed by atoms with E-state index < -0.39 is 5.97 Å². The number of Topliss-reactive ketones (excluding diaryl/α,β-unsaturated/α-hetero) is 1. The third-order valence-corrected chi connectivity index (χ3v) is 5.14. The lowest BCUT2D eigenvalue weighted by Gasteiger charge is -2.08. The summed E-state index contributed by atoms with van der Waals surface area (Å²) in [6, 6.07) is 4.25. The van der Waals surface area contributed by atoms with E-state index in [1.165, 1.54) is 0 Å². The van der Waals surface area contributed by atoms with Crippen LogP contribution in [-0.2, 0) is 11.3 Å². The molecule has 5 nitrogen and oxygen atoms in total. The molecule has 0 saturated heterocycles. The Hall–Kier alpha value is -2.30. The predicted octanol–water partition coefficient (Wildman–Crippen LogP) is 3.92. The van der Waals surface area contributed by atoms with Crippen LogP contribution >= 0.6 is 0 Å².